The molecular formula is C13H21N3O2S. The van der Waals surface area contributed by atoms with Crippen LogP contribution in [-0.4, -0.2) is 47.8 Å². The van der Waals surface area contributed by atoms with E-state index in [1.165, 1.54) is 0 Å². The molecule has 0 radical (unpaired) electrons. The van der Waals surface area contributed by atoms with E-state index < -0.39 is 0 Å². The van der Waals surface area contributed by atoms with Gasteiger partial charge in [0.15, 0.2) is 0 Å². The Morgan fingerprint density at radius 3 is 3.21 bits per heavy atom. The van der Waals surface area contributed by atoms with Crippen molar-refractivity contribution < 1.29 is 9.53 Å². The van der Waals surface area contributed by atoms with E-state index in [1.54, 1.807) is 11.3 Å². The number of morpholine rings is 1. The predicted octanol–water partition coefficient (Wildman–Crippen LogP) is 1.90. The minimum Gasteiger partial charge on any atom is -0.372 e. The molecule has 6 heteroatoms. The Hall–Kier alpha value is -1.14. The summed E-state index contributed by atoms with van der Waals surface area (Å²) in [7, 11) is 0. The van der Waals surface area contributed by atoms with Gasteiger partial charge in [-0.05, 0) is 13.3 Å². The van der Waals surface area contributed by atoms with Crippen molar-refractivity contribution in [3.8, 4) is 0 Å². The molecule has 0 unspecified atom stereocenters. The maximum atomic E-state index is 12.1. The summed E-state index contributed by atoms with van der Waals surface area (Å²) >= 11 is 1.58. The van der Waals surface area contributed by atoms with Crippen LogP contribution in [0.1, 0.15) is 26.0 Å². The molecule has 0 bridgehead atoms. The number of ether oxygens (including phenoxy) is 1. The molecule has 0 aromatic carbocycles. The third kappa shape index (κ3) is 3.91. The Kier molecular flexibility index (Phi) is 4.76. The van der Waals surface area contributed by atoms with Gasteiger partial charge in [-0.25, -0.2) is 9.78 Å². The minimum atomic E-state index is -0.204. The molecule has 1 aliphatic heterocycles. The van der Waals surface area contributed by atoms with Crippen molar-refractivity contribution in [1.29, 1.82) is 0 Å². The van der Waals surface area contributed by atoms with Crippen molar-refractivity contribution in [3.05, 3.63) is 16.6 Å². The first-order chi connectivity index (χ1) is 9.13. The molecule has 0 spiro atoms. The SMILES string of the molecule is CC[C@@]1(C)CN(C(=O)NCCc2cscn2)CCO1. The van der Waals surface area contributed by atoms with Crippen LogP contribution in [0.5, 0.6) is 0 Å². The van der Waals surface area contributed by atoms with Gasteiger partial charge in [-0.15, -0.1) is 11.3 Å². The van der Waals surface area contributed by atoms with Crippen LogP contribution in [0.15, 0.2) is 10.9 Å². The first kappa shape index (κ1) is 14.3. The maximum Gasteiger partial charge on any atom is 0.317 e. The van der Waals surface area contributed by atoms with Gasteiger partial charge in [0.25, 0.3) is 0 Å². The highest BCUT2D eigenvalue weighted by molar-refractivity contribution is 7.07. The molecule has 0 saturated carbocycles. The van der Waals surface area contributed by atoms with Gasteiger partial charge < -0.3 is 15.0 Å². The fourth-order valence-electron chi connectivity index (χ4n) is 2.09. The van der Waals surface area contributed by atoms with E-state index in [-0.39, 0.29) is 11.6 Å². The molecule has 1 aromatic heterocycles. The zero-order valence-corrected chi connectivity index (χ0v) is 12.3. The molecule has 106 valence electrons. The number of carbonyl (C=O) groups is 1. The second-order valence-corrected chi connectivity index (χ2v) is 5.75. The molecule has 2 rings (SSSR count). The van der Waals surface area contributed by atoms with Crippen LogP contribution < -0.4 is 5.32 Å². The molecule has 5 nitrogen and oxygen atoms in total. The number of hydrogen-bond acceptors (Lipinski definition) is 4. The summed E-state index contributed by atoms with van der Waals surface area (Å²) in [5.41, 5.74) is 2.64. The van der Waals surface area contributed by atoms with Gasteiger partial charge in [0.2, 0.25) is 0 Å². The number of aromatic nitrogens is 1. The summed E-state index contributed by atoms with van der Waals surface area (Å²) in [6.45, 7) is 6.71. The van der Waals surface area contributed by atoms with Gasteiger partial charge in [-0.3, -0.25) is 0 Å². The molecule has 1 fully saturated rings. The zero-order valence-electron chi connectivity index (χ0n) is 11.5. The van der Waals surface area contributed by atoms with Crippen molar-refractivity contribution in [1.82, 2.24) is 15.2 Å². The van der Waals surface area contributed by atoms with Crippen molar-refractivity contribution >= 4 is 17.4 Å². The van der Waals surface area contributed by atoms with Gasteiger partial charge in [-0.1, -0.05) is 6.92 Å². The number of hydrogen-bond donors (Lipinski definition) is 1. The predicted molar refractivity (Wildman–Crippen MR) is 75.4 cm³/mol. The molecule has 1 saturated heterocycles. The quantitative estimate of drug-likeness (QED) is 0.918. The molecule has 1 aromatic rings. The number of nitrogens with one attached hydrogen (secondary N) is 1. The molecular weight excluding hydrogens is 262 g/mol. The maximum absolute atomic E-state index is 12.1. The van der Waals surface area contributed by atoms with Crippen molar-refractivity contribution in [3.63, 3.8) is 0 Å². The number of nitrogens with zero attached hydrogens (tertiary/aromatic N) is 2. The Balaban J connectivity index is 1.76. The van der Waals surface area contributed by atoms with E-state index in [4.69, 9.17) is 4.74 Å². The van der Waals surface area contributed by atoms with Crippen LogP contribution in [-0.2, 0) is 11.2 Å². The summed E-state index contributed by atoms with van der Waals surface area (Å²) in [6.07, 6.45) is 1.69. The second-order valence-electron chi connectivity index (χ2n) is 5.04. The van der Waals surface area contributed by atoms with E-state index in [0.717, 1.165) is 18.5 Å². The lowest BCUT2D eigenvalue weighted by Gasteiger charge is -2.39. The van der Waals surface area contributed by atoms with Crippen LogP contribution in [0.2, 0.25) is 0 Å². The summed E-state index contributed by atoms with van der Waals surface area (Å²) in [6, 6.07) is -0.00166. The van der Waals surface area contributed by atoms with Gasteiger partial charge in [0.05, 0.1) is 30.0 Å². The van der Waals surface area contributed by atoms with Gasteiger partial charge in [0, 0.05) is 24.9 Å². The third-order valence-corrected chi connectivity index (χ3v) is 4.15. The third-order valence-electron chi connectivity index (χ3n) is 3.51. The van der Waals surface area contributed by atoms with E-state index in [2.05, 4.69) is 24.1 Å². The first-order valence-corrected chi connectivity index (χ1v) is 7.61. The first-order valence-electron chi connectivity index (χ1n) is 6.67. The molecule has 0 aliphatic carbocycles. The standard InChI is InChI=1S/C13H21N3O2S/c1-3-13(2)9-16(6-7-18-13)12(17)14-5-4-11-8-19-10-15-11/h8,10H,3-7,9H2,1-2H3,(H,14,17)/t13-/m0/s1. The Morgan fingerprint density at radius 1 is 1.68 bits per heavy atom. The Morgan fingerprint density at radius 2 is 2.53 bits per heavy atom. The van der Waals surface area contributed by atoms with E-state index >= 15 is 0 Å². The summed E-state index contributed by atoms with van der Waals surface area (Å²) in [5, 5.41) is 4.96. The highest BCUT2D eigenvalue weighted by atomic mass is 32.1. The number of rotatable bonds is 4. The van der Waals surface area contributed by atoms with Crippen LogP contribution in [0.3, 0.4) is 0 Å². The lowest BCUT2D eigenvalue weighted by Crippen LogP contribution is -2.54. The smallest absolute Gasteiger partial charge is 0.317 e. The van der Waals surface area contributed by atoms with Gasteiger partial charge in [-0.2, -0.15) is 0 Å². The monoisotopic (exact) mass is 283 g/mol. The average molecular weight is 283 g/mol. The molecule has 2 amide bonds. The van der Waals surface area contributed by atoms with E-state index in [0.29, 0.717) is 26.2 Å². The number of thiazole rings is 1. The molecule has 1 N–H and O–H groups in total. The number of amides is 2. The van der Waals surface area contributed by atoms with Crippen molar-refractivity contribution in [2.24, 2.45) is 0 Å². The number of urea groups is 1. The van der Waals surface area contributed by atoms with E-state index in [1.807, 2.05) is 15.8 Å². The minimum absolute atomic E-state index is 0.00166. The van der Waals surface area contributed by atoms with Crippen LogP contribution >= 0.6 is 11.3 Å². The normalized spacial score (nSPS) is 23.4. The largest absolute Gasteiger partial charge is 0.372 e. The fraction of sp³-hybridized carbons (Fsp3) is 0.692. The molecule has 2 heterocycles. The van der Waals surface area contributed by atoms with Gasteiger partial charge in [0.1, 0.15) is 0 Å². The average Bonchev–Trinajstić information content (AvgIpc) is 2.92. The summed E-state index contributed by atoms with van der Waals surface area (Å²) in [4.78, 5) is 18.1. The lowest BCUT2D eigenvalue weighted by molar-refractivity contribution is -0.0872. The van der Waals surface area contributed by atoms with Crippen molar-refractivity contribution in [2.45, 2.75) is 32.3 Å². The second kappa shape index (κ2) is 6.34. The molecule has 1 atom stereocenters. The zero-order chi connectivity index (χ0) is 13.7. The Bertz CT molecular complexity index is 410. The summed E-state index contributed by atoms with van der Waals surface area (Å²) in [5.74, 6) is 0. The van der Waals surface area contributed by atoms with Crippen LogP contribution in [0.25, 0.3) is 0 Å². The van der Waals surface area contributed by atoms with Crippen LogP contribution in [0.4, 0.5) is 4.79 Å². The highest BCUT2D eigenvalue weighted by Gasteiger charge is 2.32. The fourth-order valence-corrected chi connectivity index (χ4v) is 2.68. The lowest BCUT2D eigenvalue weighted by atomic mass is 10.0. The summed E-state index contributed by atoms with van der Waals surface area (Å²) < 4.78 is 5.73. The molecule has 1 aliphatic rings. The highest BCUT2D eigenvalue weighted by Crippen LogP contribution is 2.20. The molecule has 19 heavy (non-hydrogen) atoms. The van der Waals surface area contributed by atoms with E-state index in [9.17, 15) is 4.79 Å². The van der Waals surface area contributed by atoms with Gasteiger partial charge >= 0.3 is 6.03 Å². The Labute approximate surface area is 118 Å². The topological polar surface area (TPSA) is 54.5 Å². The van der Waals surface area contributed by atoms with Crippen molar-refractivity contribution in [2.75, 3.05) is 26.2 Å². The van der Waals surface area contributed by atoms with Crippen LogP contribution in [0, 0.1) is 0 Å². The number of carbonyl (C=O) groups excluding carboxylic acids is 1.